The zero-order valence-corrected chi connectivity index (χ0v) is 13.0. The number of aromatic nitrogens is 2. The Bertz CT molecular complexity index is 501. The van der Waals surface area contributed by atoms with Crippen molar-refractivity contribution in [1.82, 2.24) is 15.3 Å². The number of amides is 1. The molecule has 0 spiro atoms. The van der Waals surface area contributed by atoms with Gasteiger partial charge in [0, 0.05) is 38.1 Å². The van der Waals surface area contributed by atoms with Gasteiger partial charge in [-0.2, -0.15) is 0 Å². The number of nitrogens with one attached hydrogen (secondary N) is 1. The zero-order chi connectivity index (χ0) is 15.4. The summed E-state index contributed by atoms with van der Waals surface area (Å²) >= 11 is 0. The third kappa shape index (κ3) is 3.06. The summed E-state index contributed by atoms with van der Waals surface area (Å²) in [5.41, 5.74) is 5.57. The summed E-state index contributed by atoms with van der Waals surface area (Å²) in [6.45, 7) is 2.17. The smallest absolute Gasteiger partial charge is 0.227 e. The van der Waals surface area contributed by atoms with E-state index in [1.165, 1.54) is 0 Å². The highest BCUT2D eigenvalue weighted by atomic mass is 16.2. The predicted octanol–water partition coefficient (Wildman–Crippen LogP) is 1.08. The molecule has 1 aliphatic carbocycles. The van der Waals surface area contributed by atoms with Gasteiger partial charge in [-0.15, -0.1) is 0 Å². The third-order valence-corrected chi connectivity index (χ3v) is 5.02. The van der Waals surface area contributed by atoms with Crippen LogP contribution in [0.1, 0.15) is 38.5 Å². The first-order chi connectivity index (χ1) is 10.7. The number of carbonyl (C=O) groups excluding carboxylic acids is 1. The van der Waals surface area contributed by atoms with Crippen LogP contribution in [0.3, 0.4) is 0 Å². The molecular weight excluding hydrogens is 278 g/mol. The molecule has 6 nitrogen and oxygen atoms in total. The maximum Gasteiger partial charge on any atom is 0.227 e. The summed E-state index contributed by atoms with van der Waals surface area (Å²) in [5, 5.41) is 3.24. The minimum atomic E-state index is -0.328. The van der Waals surface area contributed by atoms with Gasteiger partial charge in [-0.25, -0.2) is 9.97 Å². The molecule has 1 aromatic heterocycles. The topological polar surface area (TPSA) is 84.1 Å². The highest BCUT2D eigenvalue weighted by Crippen LogP contribution is 2.37. The van der Waals surface area contributed by atoms with Gasteiger partial charge in [0.1, 0.15) is 0 Å². The van der Waals surface area contributed by atoms with Crippen molar-refractivity contribution >= 4 is 11.9 Å². The second-order valence-electron chi connectivity index (χ2n) is 6.50. The Morgan fingerprint density at radius 1 is 1.32 bits per heavy atom. The molecule has 0 bridgehead atoms. The quantitative estimate of drug-likeness (QED) is 0.869. The van der Waals surface area contributed by atoms with Crippen LogP contribution in [0, 0.1) is 5.41 Å². The van der Waals surface area contributed by atoms with Crippen molar-refractivity contribution in [3.8, 4) is 0 Å². The first kappa shape index (κ1) is 15.2. The standard InChI is InChI=1S/C16H25N5O/c17-12-16(6-1-2-7-16)14(22)20-13-5-3-10-21(11-13)15-18-8-4-9-19-15/h4,8-9,13H,1-3,5-7,10-12,17H2,(H,20,22). The fourth-order valence-electron chi connectivity index (χ4n) is 3.65. The Hall–Kier alpha value is -1.69. The fourth-order valence-corrected chi connectivity index (χ4v) is 3.65. The second kappa shape index (κ2) is 6.60. The lowest BCUT2D eigenvalue weighted by atomic mass is 9.85. The van der Waals surface area contributed by atoms with Crippen LogP contribution < -0.4 is 16.0 Å². The number of carbonyl (C=O) groups is 1. The largest absolute Gasteiger partial charge is 0.351 e. The summed E-state index contributed by atoms with van der Waals surface area (Å²) < 4.78 is 0. The number of anilines is 1. The van der Waals surface area contributed by atoms with E-state index in [0.717, 1.165) is 57.6 Å². The van der Waals surface area contributed by atoms with E-state index in [4.69, 9.17) is 5.73 Å². The van der Waals surface area contributed by atoms with Crippen molar-refractivity contribution in [2.24, 2.45) is 11.1 Å². The first-order valence-corrected chi connectivity index (χ1v) is 8.26. The van der Waals surface area contributed by atoms with Crippen LogP contribution in [-0.4, -0.2) is 41.6 Å². The Morgan fingerprint density at radius 2 is 2.05 bits per heavy atom. The van der Waals surface area contributed by atoms with Gasteiger partial charge < -0.3 is 16.0 Å². The molecule has 2 aliphatic rings. The van der Waals surface area contributed by atoms with Gasteiger partial charge in [0.15, 0.2) is 0 Å². The molecule has 1 saturated carbocycles. The molecular formula is C16H25N5O. The van der Waals surface area contributed by atoms with Gasteiger partial charge in [0.2, 0.25) is 11.9 Å². The molecule has 1 aromatic rings. The lowest BCUT2D eigenvalue weighted by Gasteiger charge is -2.35. The van der Waals surface area contributed by atoms with Crippen molar-refractivity contribution in [1.29, 1.82) is 0 Å². The van der Waals surface area contributed by atoms with Crippen LogP contribution in [0.4, 0.5) is 5.95 Å². The van der Waals surface area contributed by atoms with Crippen LogP contribution in [0.15, 0.2) is 18.5 Å². The van der Waals surface area contributed by atoms with Gasteiger partial charge in [0.05, 0.1) is 5.41 Å². The van der Waals surface area contributed by atoms with E-state index in [1.54, 1.807) is 12.4 Å². The molecule has 0 aromatic carbocycles. The maximum atomic E-state index is 12.7. The molecule has 120 valence electrons. The molecule has 1 aliphatic heterocycles. The van der Waals surface area contributed by atoms with Crippen molar-refractivity contribution in [3.05, 3.63) is 18.5 Å². The lowest BCUT2D eigenvalue weighted by molar-refractivity contribution is -0.131. The van der Waals surface area contributed by atoms with E-state index >= 15 is 0 Å². The summed E-state index contributed by atoms with van der Waals surface area (Å²) in [4.78, 5) is 23.4. The molecule has 1 unspecified atom stereocenters. The average molecular weight is 303 g/mol. The Kier molecular flexibility index (Phi) is 4.57. The normalized spacial score (nSPS) is 24.2. The number of nitrogens with two attached hydrogens (primary N) is 1. The maximum absolute atomic E-state index is 12.7. The number of nitrogens with zero attached hydrogens (tertiary/aromatic N) is 3. The number of piperidine rings is 1. The fraction of sp³-hybridized carbons (Fsp3) is 0.688. The monoisotopic (exact) mass is 303 g/mol. The van der Waals surface area contributed by atoms with E-state index in [2.05, 4.69) is 20.2 Å². The number of hydrogen-bond acceptors (Lipinski definition) is 5. The highest BCUT2D eigenvalue weighted by Gasteiger charge is 2.40. The number of hydrogen-bond donors (Lipinski definition) is 2. The molecule has 6 heteroatoms. The second-order valence-corrected chi connectivity index (χ2v) is 6.50. The molecule has 3 N–H and O–H groups in total. The first-order valence-electron chi connectivity index (χ1n) is 8.26. The van der Waals surface area contributed by atoms with Crippen LogP contribution in [0.25, 0.3) is 0 Å². The Labute approximate surface area is 131 Å². The summed E-state index contributed by atoms with van der Waals surface area (Å²) in [6.07, 6.45) is 9.63. The van der Waals surface area contributed by atoms with Crippen molar-refractivity contribution in [2.45, 2.75) is 44.6 Å². The SMILES string of the molecule is NCC1(C(=O)NC2CCCN(c3ncccn3)C2)CCCC1. The van der Waals surface area contributed by atoms with Crippen molar-refractivity contribution in [3.63, 3.8) is 0 Å². The van der Waals surface area contributed by atoms with Crippen molar-refractivity contribution < 1.29 is 4.79 Å². The summed E-state index contributed by atoms with van der Waals surface area (Å²) in [7, 11) is 0. The molecule has 2 heterocycles. The van der Waals surface area contributed by atoms with Crippen LogP contribution in [0.2, 0.25) is 0 Å². The predicted molar refractivity (Wildman–Crippen MR) is 85.4 cm³/mol. The Balaban J connectivity index is 1.62. The molecule has 3 rings (SSSR count). The minimum absolute atomic E-state index is 0.147. The average Bonchev–Trinajstić information content (AvgIpc) is 3.06. The molecule has 22 heavy (non-hydrogen) atoms. The molecule has 0 radical (unpaired) electrons. The zero-order valence-electron chi connectivity index (χ0n) is 13.0. The molecule has 2 fully saturated rings. The van der Waals surface area contributed by atoms with Gasteiger partial charge in [-0.3, -0.25) is 4.79 Å². The summed E-state index contributed by atoms with van der Waals surface area (Å²) in [5.74, 6) is 0.893. The lowest BCUT2D eigenvalue weighted by Crippen LogP contribution is -2.53. The molecule has 1 atom stereocenters. The minimum Gasteiger partial charge on any atom is -0.351 e. The van der Waals surface area contributed by atoms with E-state index < -0.39 is 0 Å². The van der Waals surface area contributed by atoms with E-state index in [0.29, 0.717) is 6.54 Å². The van der Waals surface area contributed by atoms with Gasteiger partial charge in [-0.1, -0.05) is 12.8 Å². The molecule has 1 amide bonds. The third-order valence-electron chi connectivity index (χ3n) is 5.02. The molecule has 1 saturated heterocycles. The van der Waals surface area contributed by atoms with E-state index in [9.17, 15) is 4.79 Å². The van der Waals surface area contributed by atoms with Gasteiger partial charge in [0.25, 0.3) is 0 Å². The summed E-state index contributed by atoms with van der Waals surface area (Å²) in [6, 6.07) is 1.98. The number of rotatable bonds is 4. The van der Waals surface area contributed by atoms with Crippen molar-refractivity contribution in [2.75, 3.05) is 24.5 Å². The Morgan fingerprint density at radius 3 is 2.73 bits per heavy atom. The van der Waals surface area contributed by atoms with Crippen LogP contribution in [-0.2, 0) is 4.79 Å². The van der Waals surface area contributed by atoms with E-state index in [-0.39, 0.29) is 17.4 Å². The van der Waals surface area contributed by atoms with Crippen LogP contribution >= 0.6 is 0 Å². The highest BCUT2D eigenvalue weighted by molar-refractivity contribution is 5.83. The van der Waals surface area contributed by atoms with Gasteiger partial charge >= 0.3 is 0 Å². The van der Waals surface area contributed by atoms with Crippen LogP contribution in [0.5, 0.6) is 0 Å². The van der Waals surface area contributed by atoms with E-state index in [1.807, 2.05) is 6.07 Å². The van der Waals surface area contributed by atoms with Gasteiger partial charge in [-0.05, 0) is 31.7 Å².